The Kier molecular flexibility index (Phi) is 6.14. The van der Waals surface area contributed by atoms with Crippen LogP contribution in [0.15, 0.2) is 24.3 Å². The summed E-state index contributed by atoms with van der Waals surface area (Å²) in [5.41, 5.74) is 1.18. The Hall–Kier alpha value is -2.10. The van der Waals surface area contributed by atoms with Gasteiger partial charge in [-0.1, -0.05) is 29.8 Å². The molecule has 1 amide bonds. The molecule has 1 saturated carbocycles. The van der Waals surface area contributed by atoms with Crippen molar-refractivity contribution in [2.75, 3.05) is 19.6 Å². The van der Waals surface area contributed by atoms with Crippen LogP contribution in [0.25, 0.3) is 0 Å². The van der Waals surface area contributed by atoms with Crippen molar-refractivity contribution in [3.63, 3.8) is 0 Å². The fourth-order valence-corrected chi connectivity index (χ4v) is 5.60. The molecule has 6 nitrogen and oxygen atoms in total. The number of likely N-dealkylation sites (tertiary alicyclic amines) is 2. The van der Waals surface area contributed by atoms with Crippen molar-refractivity contribution in [3.05, 3.63) is 51.8 Å². The van der Waals surface area contributed by atoms with Crippen LogP contribution in [0.2, 0.25) is 5.02 Å². The van der Waals surface area contributed by atoms with Gasteiger partial charge in [0.05, 0.1) is 17.8 Å². The van der Waals surface area contributed by atoms with E-state index in [1.54, 1.807) is 4.90 Å². The molecule has 1 aromatic carbocycles. The third-order valence-electron chi connectivity index (χ3n) is 7.26. The first-order chi connectivity index (χ1) is 16.1. The standard InChI is InChI=1S/C24H28ClF3N4O2/c1-14-3-2-4-17(22(14)25)23-19(30-9-7-16(33)12-30)8-10-31(23)21(34)13-32-20(24(26,27)28)11-18(29-32)15-5-6-15/h2-4,11,15-16,19,23,33H,5-10,12-13H2,1H3/t16-,19-,23-/m0/s1. The van der Waals surface area contributed by atoms with Gasteiger partial charge in [-0.25, -0.2) is 0 Å². The Morgan fingerprint density at radius 3 is 2.62 bits per heavy atom. The van der Waals surface area contributed by atoms with Crippen molar-refractivity contribution in [2.24, 2.45) is 0 Å². The maximum atomic E-state index is 13.7. The molecule has 34 heavy (non-hydrogen) atoms. The van der Waals surface area contributed by atoms with Gasteiger partial charge in [-0.15, -0.1) is 0 Å². The summed E-state index contributed by atoms with van der Waals surface area (Å²) >= 11 is 6.66. The molecule has 1 N–H and O–H groups in total. The maximum absolute atomic E-state index is 13.7. The van der Waals surface area contributed by atoms with Gasteiger partial charge in [-0.05, 0) is 49.8 Å². The van der Waals surface area contributed by atoms with Crippen molar-refractivity contribution >= 4 is 17.5 Å². The van der Waals surface area contributed by atoms with E-state index in [4.69, 9.17) is 11.6 Å². The summed E-state index contributed by atoms with van der Waals surface area (Å²) in [6, 6.07) is 6.26. The fourth-order valence-electron chi connectivity index (χ4n) is 5.36. The van der Waals surface area contributed by atoms with Gasteiger partial charge < -0.3 is 10.0 Å². The lowest BCUT2D eigenvalue weighted by Gasteiger charge is -2.34. The summed E-state index contributed by atoms with van der Waals surface area (Å²) in [5, 5.41) is 14.8. The van der Waals surface area contributed by atoms with Crippen LogP contribution in [0.4, 0.5) is 13.2 Å². The first kappa shape index (κ1) is 23.6. The van der Waals surface area contributed by atoms with Crippen LogP contribution in [-0.2, 0) is 17.5 Å². The molecule has 1 aliphatic carbocycles. The number of aliphatic hydroxyl groups is 1. The highest BCUT2D eigenvalue weighted by Gasteiger charge is 2.45. The molecule has 184 valence electrons. The van der Waals surface area contributed by atoms with Gasteiger partial charge in [-0.3, -0.25) is 14.4 Å². The highest BCUT2D eigenvalue weighted by atomic mass is 35.5. The van der Waals surface area contributed by atoms with Crippen molar-refractivity contribution in [1.82, 2.24) is 19.6 Å². The molecule has 2 aliphatic heterocycles. The first-order valence-corrected chi connectivity index (χ1v) is 12.1. The molecule has 3 aliphatic rings. The summed E-state index contributed by atoms with van der Waals surface area (Å²) < 4.78 is 41.9. The second kappa shape index (κ2) is 8.84. The van der Waals surface area contributed by atoms with Crippen molar-refractivity contribution < 1.29 is 23.1 Å². The van der Waals surface area contributed by atoms with Crippen LogP contribution in [0.3, 0.4) is 0 Å². The summed E-state index contributed by atoms with van der Waals surface area (Å²) in [7, 11) is 0. The molecule has 10 heteroatoms. The molecule has 0 unspecified atom stereocenters. The van der Waals surface area contributed by atoms with Gasteiger partial charge in [0.2, 0.25) is 5.91 Å². The Morgan fingerprint density at radius 2 is 1.97 bits per heavy atom. The molecular weight excluding hydrogens is 469 g/mol. The summed E-state index contributed by atoms with van der Waals surface area (Å²) in [6.07, 6.45) is -2.04. The number of alkyl halides is 3. The molecule has 3 fully saturated rings. The van der Waals surface area contributed by atoms with Crippen molar-refractivity contribution in [1.29, 1.82) is 0 Å². The summed E-state index contributed by atoms with van der Waals surface area (Å²) in [6.45, 7) is 3.03. The normalized spacial score (nSPS) is 25.9. The Morgan fingerprint density at radius 1 is 1.21 bits per heavy atom. The highest BCUT2D eigenvalue weighted by Crippen LogP contribution is 2.43. The minimum absolute atomic E-state index is 0.0501. The first-order valence-electron chi connectivity index (χ1n) is 11.7. The van der Waals surface area contributed by atoms with Crippen molar-refractivity contribution in [2.45, 2.75) is 69.4 Å². The fraction of sp³-hybridized carbons (Fsp3) is 0.583. The SMILES string of the molecule is Cc1cccc([C@H]2[C@@H](N3CC[C@H](O)C3)CCN2C(=O)Cn2nc(C3CC3)cc2C(F)(F)F)c1Cl. The zero-order valence-electron chi connectivity index (χ0n) is 18.9. The number of hydrogen-bond donors (Lipinski definition) is 1. The molecule has 1 aromatic heterocycles. The number of β-amino-alcohol motifs (C(OH)–C–C–N with tert-alkyl or cyclic N) is 1. The molecule has 2 aromatic rings. The molecule has 5 rings (SSSR count). The number of aromatic nitrogens is 2. The number of carbonyl (C=O) groups is 1. The summed E-state index contributed by atoms with van der Waals surface area (Å²) in [5.74, 6) is -0.366. The third kappa shape index (κ3) is 4.45. The number of benzene rings is 1. The number of hydrogen-bond acceptors (Lipinski definition) is 4. The van der Waals surface area contributed by atoms with Gasteiger partial charge in [0.1, 0.15) is 12.2 Å². The molecule has 0 bridgehead atoms. The number of nitrogens with zero attached hydrogens (tertiary/aromatic N) is 4. The van der Waals surface area contributed by atoms with Gasteiger partial charge in [-0.2, -0.15) is 18.3 Å². The van der Waals surface area contributed by atoms with E-state index in [-0.39, 0.29) is 12.0 Å². The lowest BCUT2D eigenvalue weighted by molar-refractivity contribution is -0.146. The predicted octanol–water partition coefficient (Wildman–Crippen LogP) is 4.15. The van der Waals surface area contributed by atoms with E-state index in [1.165, 1.54) is 0 Å². The molecule has 0 radical (unpaired) electrons. The second-order valence-electron chi connectivity index (χ2n) is 9.69. The molecular formula is C24H28ClF3N4O2. The second-order valence-corrected chi connectivity index (χ2v) is 10.1. The van der Waals surface area contributed by atoms with Crippen LogP contribution in [0.1, 0.15) is 60.2 Å². The van der Waals surface area contributed by atoms with E-state index in [2.05, 4.69) is 10.00 Å². The zero-order valence-corrected chi connectivity index (χ0v) is 19.7. The Balaban J connectivity index is 1.46. The molecule has 0 spiro atoms. The maximum Gasteiger partial charge on any atom is 0.433 e. The average Bonchev–Trinajstić information content (AvgIpc) is 3.17. The van der Waals surface area contributed by atoms with Crippen LogP contribution in [0, 0.1) is 6.92 Å². The topological polar surface area (TPSA) is 61.6 Å². The number of amides is 1. The van der Waals surface area contributed by atoms with E-state index in [0.29, 0.717) is 43.2 Å². The van der Waals surface area contributed by atoms with E-state index in [0.717, 1.165) is 34.7 Å². The van der Waals surface area contributed by atoms with Gasteiger partial charge in [0.25, 0.3) is 0 Å². The minimum atomic E-state index is -4.58. The molecule has 3 heterocycles. The minimum Gasteiger partial charge on any atom is -0.392 e. The third-order valence-corrected chi connectivity index (χ3v) is 7.78. The van der Waals surface area contributed by atoms with Crippen molar-refractivity contribution in [3.8, 4) is 0 Å². The number of aryl methyl sites for hydroxylation is 1. The lowest BCUT2D eigenvalue weighted by Crippen LogP contribution is -2.42. The molecule has 3 atom stereocenters. The average molecular weight is 497 g/mol. The number of halogens is 4. The molecule has 2 saturated heterocycles. The van der Waals surface area contributed by atoms with E-state index < -0.39 is 36.5 Å². The zero-order chi connectivity index (χ0) is 24.2. The van der Waals surface area contributed by atoms with Crippen LogP contribution >= 0.6 is 11.6 Å². The van der Waals surface area contributed by atoms with Crippen LogP contribution in [0.5, 0.6) is 0 Å². The summed E-state index contributed by atoms with van der Waals surface area (Å²) in [4.78, 5) is 17.3. The lowest BCUT2D eigenvalue weighted by atomic mass is 9.97. The quantitative estimate of drug-likeness (QED) is 0.675. The van der Waals surface area contributed by atoms with Gasteiger partial charge in [0, 0.05) is 36.6 Å². The number of aliphatic hydroxyl groups excluding tert-OH is 1. The van der Waals surface area contributed by atoms with Gasteiger partial charge in [0.15, 0.2) is 0 Å². The Bertz CT molecular complexity index is 1080. The predicted molar refractivity (Wildman–Crippen MR) is 120 cm³/mol. The van der Waals surface area contributed by atoms with Crippen LogP contribution < -0.4 is 0 Å². The Labute approximate surface area is 201 Å². The largest absolute Gasteiger partial charge is 0.433 e. The smallest absolute Gasteiger partial charge is 0.392 e. The van der Waals surface area contributed by atoms with E-state index in [1.807, 2.05) is 25.1 Å². The monoisotopic (exact) mass is 496 g/mol. The van der Waals surface area contributed by atoms with Gasteiger partial charge >= 0.3 is 6.18 Å². The van der Waals surface area contributed by atoms with E-state index in [9.17, 15) is 23.1 Å². The number of carbonyl (C=O) groups excluding carboxylic acids is 1. The highest BCUT2D eigenvalue weighted by molar-refractivity contribution is 6.32. The number of rotatable bonds is 5. The van der Waals surface area contributed by atoms with E-state index >= 15 is 0 Å². The van der Waals surface area contributed by atoms with Crippen LogP contribution in [-0.4, -0.2) is 62.4 Å².